The molecular formula is C18H25N3. The van der Waals surface area contributed by atoms with Crippen LogP contribution in [0.2, 0.25) is 0 Å². The third-order valence-electron chi connectivity index (χ3n) is 3.60. The summed E-state index contributed by atoms with van der Waals surface area (Å²) < 4.78 is 0. The van der Waals surface area contributed by atoms with Gasteiger partial charge in [0, 0.05) is 25.2 Å². The molecule has 2 aromatic rings. The molecule has 112 valence electrons. The van der Waals surface area contributed by atoms with Gasteiger partial charge in [-0.25, -0.2) is 0 Å². The SMILES string of the molecule is NCCNCC(N)(Cc1ccccc1)Cc1ccccc1. The fourth-order valence-electron chi connectivity index (χ4n) is 2.63. The molecule has 5 N–H and O–H groups in total. The Balaban J connectivity index is 2.09. The Morgan fingerprint density at radius 3 is 1.71 bits per heavy atom. The van der Waals surface area contributed by atoms with Crippen LogP contribution in [0.1, 0.15) is 11.1 Å². The molecule has 0 aliphatic heterocycles. The van der Waals surface area contributed by atoms with E-state index in [1.807, 2.05) is 12.1 Å². The van der Waals surface area contributed by atoms with E-state index in [1.54, 1.807) is 0 Å². The highest BCUT2D eigenvalue weighted by Crippen LogP contribution is 2.16. The molecule has 0 heterocycles. The minimum absolute atomic E-state index is 0.308. The van der Waals surface area contributed by atoms with Crippen molar-refractivity contribution in [3.8, 4) is 0 Å². The molecule has 2 aromatic carbocycles. The first-order valence-corrected chi connectivity index (χ1v) is 7.49. The summed E-state index contributed by atoms with van der Waals surface area (Å²) >= 11 is 0. The molecule has 0 saturated carbocycles. The van der Waals surface area contributed by atoms with E-state index < -0.39 is 0 Å². The van der Waals surface area contributed by atoms with Crippen LogP contribution in [0, 0.1) is 0 Å². The minimum atomic E-state index is -0.308. The predicted octanol–water partition coefficient (Wildman–Crippen LogP) is 1.72. The van der Waals surface area contributed by atoms with Crippen molar-refractivity contribution in [2.24, 2.45) is 11.5 Å². The van der Waals surface area contributed by atoms with E-state index in [-0.39, 0.29) is 5.54 Å². The Labute approximate surface area is 127 Å². The highest BCUT2D eigenvalue weighted by Gasteiger charge is 2.25. The van der Waals surface area contributed by atoms with Crippen molar-refractivity contribution in [3.63, 3.8) is 0 Å². The van der Waals surface area contributed by atoms with Gasteiger partial charge in [-0.05, 0) is 24.0 Å². The quantitative estimate of drug-likeness (QED) is 0.646. The third-order valence-corrected chi connectivity index (χ3v) is 3.60. The molecule has 21 heavy (non-hydrogen) atoms. The van der Waals surface area contributed by atoms with Gasteiger partial charge in [-0.2, -0.15) is 0 Å². The van der Waals surface area contributed by atoms with Crippen molar-refractivity contribution < 1.29 is 0 Å². The van der Waals surface area contributed by atoms with Crippen molar-refractivity contribution in [2.45, 2.75) is 18.4 Å². The highest BCUT2D eigenvalue weighted by atomic mass is 14.9. The summed E-state index contributed by atoms with van der Waals surface area (Å²) in [7, 11) is 0. The van der Waals surface area contributed by atoms with Crippen LogP contribution in [0.15, 0.2) is 60.7 Å². The van der Waals surface area contributed by atoms with E-state index >= 15 is 0 Å². The summed E-state index contributed by atoms with van der Waals surface area (Å²) in [6.07, 6.45) is 1.70. The van der Waals surface area contributed by atoms with Crippen LogP contribution in [0.4, 0.5) is 0 Å². The normalized spacial score (nSPS) is 11.5. The molecule has 0 aliphatic carbocycles. The number of nitrogens with one attached hydrogen (secondary N) is 1. The first-order valence-electron chi connectivity index (χ1n) is 7.49. The van der Waals surface area contributed by atoms with Gasteiger partial charge in [-0.3, -0.25) is 0 Å². The van der Waals surface area contributed by atoms with Crippen molar-refractivity contribution >= 4 is 0 Å². The van der Waals surface area contributed by atoms with E-state index in [0.29, 0.717) is 6.54 Å². The molecule has 3 nitrogen and oxygen atoms in total. The number of benzene rings is 2. The monoisotopic (exact) mass is 283 g/mol. The lowest BCUT2D eigenvalue weighted by Crippen LogP contribution is -2.53. The molecule has 0 radical (unpaired) electrons. The third kappa shape index (κ3) is 5.31. The van der Waals surface area contributed by atoms with Gasteiger partial charge in [0.05, 0.1) is 0 Å². The van der Waals surface area contributed by atoms with Gasteiger partial charge in [0.25, 0.3) is 0 Å². The first-order chi connectivity index (χ1) is 10.2. The van der Waals surface area contributed by atoms with Gasteiger partial charge in [0.2, 0.25) is 0 Å². The summed E-state index contributed by atoms with van der Waals surface area (Å²) in [4.78, 5) is 0. The van der Waals surface area contributed by atoms with Gasteiger partial charge >= 0.3 is 0 Å². The van der Waals surface area contributed by atoms with Crippen LogP contribution >= 0.6 is 0 Å². The lowest BCUT2D eigenvalue weighted by atomic mass is 9.85. The van der Waals surface area contributed by atoms with Crippen LogP contribution in [0.3, 0.4) is 0 Å². The Bertz CT molecular complexity index is 469. The average molecular weight is 283 g/mol. The van der Waals surface area contributed by atoms with E-state index in [4.69, 9.17) is 11.5 Å². The second kappa shape index (κ2) is 7.93. The average Bonchev–Trinajstić information content (AvgIpc) is 2.49. The second-order valence-electron chi connectivity index (χ2n) is 5.65. The molecule has 0 bridgehead atoms. The van der Waals surface area contributed by atoms with E-state index in [9.17, 15) is 0 Å². The molecule has 0 spiro atoms. The Morgan fingerprint density at radius 2 is 1.29 bits per heavy atom. The fourth-order valence-corrected chi connectivity index (χ4v) is 2.63. The van der Waals surface area contributed by atoms with Gasteiger partial charge in [-0.1, -0.05) is 60.7 Å². The van der Waals surface area contributed by atoms with Crippen molar-refractivity contribution in [1.29, 1.82) is 0 Å². The van der Waals surface area contributed by atoms with E-state index in [2.05, 4.69) is 53.8 Å². The number of hydrogen-bond acceptors (Lipinski definition) is 3. The molecular weight excluding hydrogens is 258 g/mol. The zero-order chi connectivity index (χ0) is 15.0. The molecule has 3 heteroatoms. The van der Waals surface area contributed by atoms with E-state index in [0.717, 1.165) is 25.9 Å². The topological polar surface area (TPSA) is 64.1 Å². The minimum Gasteiger partial charge on any atom is -0.329 e. The van der Waals surface area contributed by atoms with Crippen LogP contribution in [-0.4, -0.2) is 25.2 Å². The maximum absolute atomic E-state index is 6.70. The molecule has 0 atom stereocenters. The summed E-state index contributed by atoms with van der Waals surface area (Å²) in [5, 5.41) is 3.37. The lowest BCUT2D eigenvalue weighted by Gasteiger charge is -2.30. The standard InChI is InChI=1S/C18H25N3/c19-11-12-21-15-18(20,13-16-7-3-1-4-8-16)14-17-9-5-2-6-10-17/h1-10,21H,11-15,19-20H2. The Kier molecular flexibility index (Phi) is 5.93. The van der Waals surface area contributed by atoms with Gasteiger partial charge in [0.1, 0.15) is 0 Å². The zero-order valence-electron chi connectivity index (χ0n) is 12.5. The molecule has 0 fully saturated rings. The van der Waals surface area contributed by atoms with Gasteiger partial charge < -0.3 is 16.8 Å². The van der Waals surface area contributed by atoms with Gasteiger partial charge in [0.15, 0.2) is 0 Å². The summed E-state index contributed by atoms with van der Waals surface area (Å²) in [6.45, 7) is 2.18. The Hall–Kier alpha value is -1.68. The van der Waals surface area contributed by atoms with Crippen molar-refractivity contribution in [3.05, 3.63) is 71.8 Å². The predicted molar refractivity (Wildman–Crippen MR) is 89.1 cm³/mol. The summed E-state index contributed by atoms with van der Waals surface area (Å²) in [6, 6.07) is 20.8. The molecule has 0 saturated heterocycles. The van der Waals surface area contributed by atoms with Crippen LogP contribution in [0.25, 0.3) is 0 Å². The maximum atomic E-state index is 6.70. The highest BCUT2D eigenvalue weighted by molar-refractivity contribution is 5.22. The first kappa shape index (κ1) is 15.7. The summed E-state index contributed by atoms with van der Waals surface area (Å²) in [5.74, 6) is 0. The second-order valence-corrected chi connectivity index (χ2v) is 5.65. The molecule has 0 amide bonds. The molecule has 0 aliphatic rings. The number of hydrogen-bond donors (Lipinski definition) is 3. The lowest BCUT2D eigenvalue weighted by molar-refractivity contribution is 0.391. The maximum Gasteiger partial charge on any atom is 0.0362 e. The molecule has 0 aromatic heterocycles. The summed E-state index contributed by atoms with van der Waals surface area (Å²) in [5.41, 5.74) is 14.5. The fraction of sp³-hybridized carbons (Fsp3) is 0.333. The smallest absolute Gasteiger partial charge is 0.0362 e. The van der Waals surface area contributed by atoms with Crippen LogP contribution < -0.4 is 16.8 Å². The Morgan fingerprint density at radius 1 is 0.810 bits per heavy atom. The molecule has 0 unspecified atom stereocenters. The van der Waals surface area contributed by atoms with Crippen molar-refractivity contribution in [2.75, 3.05) is 19.6 Å². The molecule has 2 rings (SSSR count). The van der Waals surface area contributed by atoms with E-state index in [1.165, 1.54) is 11.1 Å². The zero-order valence-corrected chi connectivity index (χ0v) is 12.5. The van der Waals surface area contributed by atoms with Crippen molar-refractivity contribution in [1.82, 2.24) is 5.32 Å². The largest absolute Gasteiger partial charge is 0.329 e. The van der Waals surface area contributed by atoms with Crippen LogP contribution in [-0.2, 0) is 12.8 Å². The van der Waals surface area contributed by atoms with Gasteiger partial charge in [-0.15, -0.1) is 0 Å². The number of nitrogens with two attached hydrogens (primary N) is 2. The number of rotatable bonds is 8. The van der Waals surface area contributed by atoms with Crippen LogP contribution in [0.5, 0.6) is 0 Å².